The molecule has 5 heteroatoms. The normalized spacial score (nSPS) is 18.8. The van der Waals surface area contributed by atoms with Gasteiger partial charge in [-0.25, -0.2) is 4.98 Å². The summed E-state index contributed by atoms with van der Waals surface area (Å²) in [6, 6.07) is 2.83. The third-order valence-electron chi connectivity index (χ3n) is 3.30. The maximum Gasteiger partial charge on any atom is 0.0937 e. The molecule has 3 rings (SSSR count). The Hall–Kier alpha value is -0.230. The van der Waals surface area contributed by atoms with Crippen LogP contribution in [0.15, 0.2) is 21.4 Å². The first-order valence-corrected chi connectivity index (χ1v) is 8.71. The van der Waals surface area contributed by atoms with Gasteiger partial charge in [-0.05, 0) is 46.8 Å². The first kappa shape index (κ1) is 12.8. The van der Waals surface area contributed by atoms with Gasteiger partial charge in [-0.1, -0.05) is 0 Å². The molecule has 0 bridgehead atoms. The Morgan fingerprint density at radius 1 is 1.50 bits per heavy atom. The van der Waals surface area contributed by atoms with Crippen molar-refractivity contribution in [2.24, 2.45) is 0 Å². The highest BCUT2D eigenvalue weighted by molar-refractivity contribution is 9.11. The molecule has 2 aromatic rings. The molecule has 2 nitrogen and oxygen atoms in total. The molecule has 96 valence electrons. The second-order valence-corrected chi connectivity index (χ2v) is 8.00. The molecule has 1 aliphatic rings. The Morgan fingerprint density at radius 3 is 3.28 bits per heavy atom. The first-order chi connectivity index (χ1) is 8.83. The van der Waals surface area contributed by atoms with E-state index in [2.05, 4.69) is 32.3 Å². The highest BCUT2D eigenvalue weighted by Crippen LogP contribution is 2.37. The predicted molar refractivity (Wildman–Crippen MR) is 81.5 cm³/mol. The average Bonchev–Trinajstić information content (AvgIpc) is 2.97. The molecule has 1 unspecified atom stereocenters. The molecule has 1 N–H and O–H groups in total. The van der Waals surface area contributed by atoms with Crippen LogP contribution in [-0.2, 0) is 12.8 Å². The SMILES string of the molecule is Brc1cc2c(s1)CCCC2NCCc1nccs1. The lowest BCUT2D eigenvalue weighted by Crippen LogP contribution is -2.26. The summed E-state index contributed by atoms with van der Waals surface area (Å²) in [5.41, 5.74) is 1.51. The Bertz CT molecular complexity index is 507. The van der Waals surface area contributed by atoms with Gasteiger partial charge in [0.15, 0.2) is 0 Å². The van der Waals surface area contributed by atoms with E-state index in [9.17, 15) is 0 Å². The van der Waals surface area contributed by atoms with Crippen LogP contribution < -0.4 is 5.32 Å². The predicted octanol–water partition coefficient (Wildman–Crippen LogP) is 4.18. The molecule has 1 atom stereocenters. The third kappa shape index (κ3) is 2.85. The van der Waals surface area contributed by atoms with Gasteiger partial charge >= 0.3 is 0 Å². The molecule has 0 aliphatic heterocycles. The van der Waals surface area contributed by atoms with Gasteiger partial charge in [0, 0.05) is 35.5 Å². The number of thiazole rings is 1. The Kier molecular flexibility index (Phi) is 4.13. The number of halogens is 1. The number of nitrogens with one attached hydrogen (secondary N) is 1. The van der Waals surface area contributed by atoms with Crippen molar-refractivity contribution in [3.63, 3.8) is 0 Å². The topological polar surface area (TPSA) is 24.9 Å². The zero-order chi connectivity index (χ0) is 12.4. The zero-order valence-electron chi connectivity index (χ0n) is 9.99. The van der Waals surface area contributed by atoms with Crippen LogP contribution in [0, 0.1) is 0 Å². The van der Waals surface area contributed by atoms with E-state index in [1.807, 2.05) is 22.9 Å². The molecule has 0 saturated heterocycles. The second kappa shape index (κ2) is 5.82. The largest absolute Gasteiger partial charge is 0.309 e. The van der Waals surface area contributed by atoms with Crippen molar-refractivity contribution in [3.05, 3.63) is 36.9 Å². The summed E-state index contributed by atoms with van der Waals surface area (Å²) in [7, 11) is 0. The molecule has 2 aromatic heterocycles. The van der Waals surface area contributed by atoms with Crippen molar-refractivity contribution in [2.75, 3.05) is 6.54 Å². The summed E-state index contributed by atoms with van der Waals surface area (Å²) < 4.78 is 1.26. The first-order valence-electron chi connectivity index (χ1n) is 6.23. The molecule has 0 amide bonds. The summed E-state index contributed by atoms with van der Waals surface area (Å²) >= 11 is 7.24. The van der Waals surface area contributed by atoms with Crippen LogP contribution in [0.1, 0.15) is 34.3 Å². The van der Waals surface area contributed by atoms with Crippen molar-refractivity contribution in [2.45, 2.75) is 31.7 Å². The summed E-state index contributed by atoms with van der Waals surface area (Å²) in [6.45, 7) is 1.02. The highest BCUT2D eigenvalue weighted by atomic mass is 79.9. The van der Waals surface area contributed by atoms with Crippen LogP contribution in [0.2, 0.25) is 0 Å². The Labute approximate surface area is 124 Å². The lowest BCUT2D eigenvalue weighted by Gasteiger charge is -2.23. The van der Waals surface area contributed by atoms with E-state index in [1.165, 1.54) is 33.6 Å². The number of aromatic nitrogens is 1. The van der Waals surface area contributed by atoms with E-state index in [1.54, 1.807) is 16.2 Å². The monoisotopic (exact) mass is 342 g/mol. The number of fused-ring (bicyclic) bond motifs is 1. The fraction of sp³-hybridized carbons (Fsp3) is 0.462. The summed E-state index contributed by atoms with van der Waals surface area (Å²) in [5.74, 6) is 0. The smallest absolute Gasteiger partial charge is 0.0937 e. The summed E-state index contributed by atoms with van der Waals surface area (Å²) in [5, 5.41) is 6.95. The van der Waals surface area contributed by atoms with Crippen molar-refractivity contribution >= 4 is 38.6 Å². The van der Waals surface area contributed by atoms with Gasteiger partial charge < -0.3 is 5.32 Å². The number of hydrogen-bond acceptors (Lipinski definition) is 4. The maximum absolute atomic E-state index is 4.32. The van der Waals surface area contributed by atoms with Gasteiger partial charge in [0.05, 0.1) is 8.79 Å². The average molecular weight is 343 g/mol. The molecule has 0 fully saturated rings. The second-order valence-electron chi connectivity index (χ2n) is 4.50. The lowest BCUT2D eigenvalue weighted by molar-refractivity contribution is 0.467. The minimum atomic E-state index is 0.538. The summed E-state index contributed by atoms with van der Waals surface area (Å²) in [4.78, 5) is 5.88. The van der Waals surface area contributed by atoms with Crippen LogP contribution in [-0.4, -0.2) is 11.5 Å². The van der Waals surface area contributed by atoms with Crippen LogP contribution in [0.5, 0.6) is 0 Å². The molecule has 0 saturated carbocycles. The fourth-order valence-electron chi connectivity index (χ4n) is 2.46. The maximum atomic E-state index is 4.32. The van der Waals surface area contributed by atoms with E-state index in [0.29, 0.717) is 6.04 Å². The van der Waals surface area contributed by atoms with Gasteiger partial charge in [-0.15, -0.1) is 22.7 Å². The third-order valence-corrected chi connectivity index (χ3v) is 5.85. The van der Waals surface area contributed by atoms with E-state index >= 15 is 0 Å². The van der Waals surface area contributed by atoms with Crippen molar-refractivity contribution in [3.8, 4) is 0 Å². The molecule has 2 heterocycles. The van der Waals surface area contributed by atoms with Crippen LogP contribution in [0.25, 0.3) is 0 Å². The fourth-order valence-corrected chi connectivity index (χ4v) is 4.90. The number of nitrogens with zero attached hydrogens (tertiary/aromatic N) is 1. The zero-order valence-corrected chi connectivity index (χ0v) is 13.2. The van der Waals surface area contributed by atoms with Crippen LogP contribution >= 0.6 is 38.6 Å². The number of rotatable bonds is 4. The minimum Gasteiger partial charge on any atom is -0.309 e. The molecule has 0 radical (unpaired) electrons. The van der Waals surface area contributed by atoms with Gasteiger partial charge in [0.2, 0.25) is 0 Å². The highest BCUT2D eigenvalue weighted by Gasteiger charge is 2.21. The Morgan fingerprint density at radius 2 is 2.44 bits per heavy atom. The molecule has 18 heavy (non-hydrogen) atoms. The minimum absolute atomic E-state index is 0.538. The quantitative estimate of drug-likeness (QED) is 0.901. The van der Waals surface area contributed by atoms with Crippen molar-refractivity contribution in [1.82, 2.24) is 10.3 Å². The van der Waals surface area contributed by atoms with E-state index in [-0.39, 0.29) is 0 Å². The van der Waals surface area contributed by atoms with Crippen LogP contribution in [0.3, 0.4) is 0 Å². The molecular formula is C13H15BrN2S2. The lowest BCUT2D eigenvalue weighted by atomic mass is 9.94. The molecule has 1 aliphatic carbocycles. The van der Waals surface area contributed by atoms with Crippen LogP contribution in [0.4, 0.5) is 0 Å². The van der Waals surface area contributed by atoms with E-state index in [4.69, 9.17) is 0 Å². The van der Waals surface area contributed by atoms with Crippen molar-refractivity contribution < 1.29 is 0 Å². The molecule has 0 spiro atoms. The van der Waals surface area contributed by atoms with E-state index in [0.717, 1.165) is 13.0 Å². The van der Waals surface area contributed by atoms with Crippen molar-refractivity contribution in [1.29, 1.82) is 0 Å². The van der Waals surface area contributed by atoms with Gasteiger partial charge in [-0.3, -0.25) is 0 Å². The van der Waals surface area contributed by atoms with E-state index < -0.39 is 0 Å². The Balaban J connectivity index is 1.60. The molecular weight excluding hydrogens is 328 g/mol. The van der Waals surface area contributed by atoms with Gasteiger partial charge in [0.25, 0.3) is 0 Å². The number of aryl methyl sites for hydroxylation is 1. The number of hydrogen-bond donors (Lipinski definition) is 1. The molecule has 0 aromatic carbocycles. The van der Waals surface area contributed by atoms with Gasteiger partial charge in [-0.2, -0.15) is 0 Å². The van der Waals surface area contributed by atoms with Gasteiger partial charge in [0.1, 0.15) is 0 Å². The standard InChI is InChI=1S/C13H15BrN2S2/c14-12-8-9-10(2-1-3-11(9)18-12)15-5-4-13-16-6-7-17-13/h6-8,10,15H,1-5H2. The number of thiophene rings is 1. The summed E-state index contributed by atoms with van der Waals surface area (Å²) in [6.07, 6.45) is 6.72.